The van der Waals surface area contributed by atoms with Crippen molar-refractivity contribution in [1.82, 2.24) is 9.38 Å². The highest BCUT2D eigenvalue weighted by molar-refractivity contribution is 7.86. The van der Waals surface area contributed by atoms with E-state index in [1.807, 2.05) is 0 Å². The lowest BCUT2D eigenvalue weighted by Gasteiger charge is -2.12. The summed E-state index contributed by atoms with van der Waals surface area (Å²) in [4.78, 5) is 3.45. The Bertz CT molecular complexity index is 3110. The van der Waals surface area contributed by atoms with Crippen LogP contribution in [0.4, 0.5) is 34.1 Å². The summed E-state index contributed by atoms with van der Waals surface area (Å²) in [5.74, 6) is -0.774. The van der Waals surface area contributed by atoms with Crippen LogP contribution < -0.4 is 4.74 Å². The van der Waals surface area contributed by atoms with Gasteiger partial charge in [0.15, 0.2) is 11.3 Å². The minimum Gasteiger partial charge on any atom is -0.493 e. The highest BCUT2D eigenvalue weighted by Gasteiger charge is 2.22. The molecule has 4 N–H and O–H groups in total. The van der Waals surface area contributed by atoms with Crippen molar-refractivity contribution in [3.63, 3.8) is 0 Å². The first kappa shape index (κ1) is 42.1. The summed E-state index contributed by atoms with van der Waals surface area (Å²) in [6, 6.07) is 20.2. The summed E-state index contributed by atoms with van der Waals surface area (Å²) in [5, 5.41) is 46.1. The summed E-state index contributed by atoms with van der Waals surface area (Å²) >= 11 is 0. The Labute approximate surface area is 336 Å². The van der Waals surface area contributed by atoms with Crippen molar-refractivity contribution in [2.45, 2.75) is 36.5 Å². The van der Waals surface area contributed by atoms with Crippen LogP contribution in [0.5, 0.6) is 11.6 Å². The van der Waals surface area contributed by atoms with E-state index < -0.39 is 41.0 Å². The van der Waals surface area contributed by atoms with E-state index in [2.05, 4.69) is 41.7 Å². The molecule has 0 unspecified atom stereocenters. The van der Waals surface area contributed by atoms with E-state index in [-0.39, 0.29) is 81.3 Å². The number of aromatic hydroxyl groups is 1. The molecule has 0 amide bonds. The number of nitrogens with zero attached hydrogens (tertiary/aromatic N) is 9. The summed E-state index contributed by atoms with van der Waals surface area (Å²) in [7, 11) is -13.5. The molecule has 6 aromatic rings. The SMILES string of the molecule is Cc1cc(N=Nc2c(C)c(C#N)c3nc4ccccc4n3c2O)c(OCCCCS(=O)(=O)O)cc1N=Nc1ccc(N=Nc2ccc(S(=O)(=O)O)cc2)cc1S(=O)(=O)O. The van der Waals surface area contributed by atoms with E-state index >= 15 is 0 Å². The number of ether oxygens (including phenoxy) is 1. The monoisotopic (exact) mass is 861 g/mol. The number of pyridine rings is 1. The zero-order valence-corrected chi connectivity index (χ0v) is 33.2. The molecular formula is C36H31N9O11S3. The molecule has 23 heteroatoms. The van der Waals surface area contributed by atoms with Gasteiger partial charge in [0.1, 0.15) is 33.7 Å². The first-order valence-corrected chi connectivity index (χ1v) is 21.5. The van der Waals surface area contributed by atoms with Crippen molar-refractivity contribution in [2.24, 2.45) is 30.7 Å². The van der Waals surface area contributed by atoms with Crippen LogP contribution in [0.2, 0.25) is 0 Å². The molecule has 0 aliphatic rings. The van der Waals surface area contributed by atoms with Crippen LogP contribution in [0, 0.1) is 25.2 Å². The smallest absolute Gasteiger partial charge is 0.296 e. The second kappa shape index (κ2) is 16.7. The van der Waals surface area contributed by atoms with Crippen LogP contribution in [0.1, 0.15) is 29.5 Å². The molecular weight excluding hydrogens is 831 g/mol. The van der Waals surface area contributed by atoms with Crippen molar-refractivity contribution < 1.29 is 48.8 Å². The second-order valence-corrected chi connectivity index (χ2v) is 17.1. The number of hydrogen-bond donors (Lipinski definition) is 4. The van der Waals surface area contributed by atoms with Gasteiger partial charge in [0.25, 0.3) is 30.4 Å². The number of imidazole rings is 1. The van der Waals surface area contributed by atoms with Gasteiger partial charge in [-0.15, -0.1) is 15.3 Å². The van der Waals surface area contributed by atoms with Crippen molar-refractivity contribution in [3.8, 4) is 17.7 Å². The van der Waals surface area contributed by atoms with Crippen LogP contribution in [0.3, 0.4) is 0 Å². The number of rotatable bonds is 14. The molecule has 20 nitrogen and oxygen atoms in total. The Morgan fingerprint density at radius 1 is 0.746 bits per heavy atom. The summed E-state index contributed by atoms with van der Waals surface area (Å²) in [6.45, 7) is 3.15. The first-order chi connectivity index (χ1) is 27.8. The number of aromatic nitrogens is 2. The molecule has 0 atom stereocenters. The molecule has 304 valence electrons. The summed E-state index contributed by atoms with van der Waals surface area (Å²) in [5.41, 5.74) is 2.23. The van der Waals surface area contributed by atoms with E-state index in [4.69, 9.17) is 13.8 Å². The summed E-state index contributed by atoms with van der Waals surface area (Å²) < 4.78 is 105. The molecule has 0 saturated carbocycles. The third-order valence-corrected chi connectivity index (χ3v) is 11.1. The van der Waals surface area contributed by atoms with Gasteiger partial charge in [-0.05, 0) is 92.9 Å². The Morgan fingerprint density at radius 2 is 1.41 bits per heavy atom. The standard InChI is InChI=1S/C36H31N9O11S3/c1-21-17-30(43-44-34-22(2)26(20-37)35-38-27-7-3-4-8-31(27)45(35)36(34)46)32(56-15-5-6-16-57(47,48)49)19-29(21)42-41-28-14-11-24(18-33(28)59(53,54)55)40-39-23-9-12-25(13-10-23)58(50,51)52/h3-4,7-14,17-19,46H,5-6,15-16H2,1-2H3,(H,47,48,49)(H,50,51,52)(H,53,54,55). The Morgan fingerprint density at radius 3 is 2.08 bits per heavy atom. The zero-order valence-electron chi connectivity index (χ0n) is 30.7. The lowest BCUT2D eigenvalue weighted by molar-refractivity contribution is 0.310. The number of para-hydroxylation sites is 2. The molecule has 0 fully saturated rings. The molecule has 0 aliphatic carbocycles. The van der Waals surface area contributed by atoms with Gasteiger partial charge in [0.2, 0.25) is 5.88 Å². The minimum atomic E-state index is -4.90. The number of benzene rings is 4. The van der Waals surface area contributed by atoms with Crippen LogP contribution in [0.25, 0.3) is 16.7 Å². The molecule has 0 bridgehead atoms. The quantitative estimate of drug-likeness (QED) is 0.0454. The van der Waals surface area contributed by atoms with Crippen molar-refractivity contribution in [1.29, 1.82) is 5.26 Å². The molecule has 0 spiro atoms. The number of unbranched alkanes of at least 4 members (excludes halogenated alkanes) is 1. The molecule has 2 aromatic heterocycles. The molecule has 59 heavy (non-hydrogen) atoms. The number of aryl methyl sites for hydroxylation is 1. The Balaban J connectivity index is 1.35. The zero-order chi connectivity index (χ0) is 42.7. The molecule has 6 rings (SSSR count). The maximum Gasteiger partial charge on any atom is 0.296 e. The third kappa shape index (κ3) is 9.77. The van der Waals surface area contributed by atoms with Crippen molar-refractivity contribution >= 4 is 81.2 Å². The highest BCUT2D eigenvalue weighted by atomic mass is 32.2. The van der Waals surface area contributed by atoms with Crippen LogP contribution in [-0.2, 0) is 30.4 Å². The molecule has 4 aromatic carbocycles. The molecule has 0 radical (unpaired) electrons. The first-order valence-electron chi connectivity index (χ1n) is 17.0. The van der Waals surface area contributed by atoms with Crippen LogP contribution >= 0.6 is 0 Å². The number of hydrogen-bond acceptors (Lipinski definition) is 16. The molecule has 0 aliphatic heterocycles. The number of nitriles is 1. The van der Waals surface area contributed by atoms with Crippen molar-refractivity contribution in [3.05, 3.63) is 95.6 Å². The van der Waals surface area contributed by atoms with Gasteiger partial charge in [0.05, 0.1) is 45.4 Å². The van der Waals surface area contributed by atoms with Crippen LogP contribution in [0.15, 0.2) is 119 Å². The average molecular weight is 862 g/mol. The van der Waals surface area contributed by atoms with E-state index in [9.17, 15) is 40.2 Å². The van der Waals surface area contributed by atoms with Crippen molar-refractivity contribution in [2.75, 3.05) is 12.4 Å². The maximum atomic E-state index is 12.4. The topological polar surface area (TPSA) is 308 Å². The molecule has 0 saturated heterocycles. The highest BCUT2D eigenvalue weighted by Crippen LogP contribution is 2.41. The van der Waals surface area contributed by atoms with E-state index in [0.717, 1.165) is 18.2 Å². The minimum absolute atomic E-state index is 0.0328. The second-order valence-electron chi connectivity index (χ2n) is 12.7. The van der Waals surface area contributed by atoms with E-state index in [1.54, 1.807) is 38.1 Å². The van der Waals surface area contributed by atoms with Gasteiger partial charge in [-0.3, -0.25) is 18.1 Å². The van der Waals surface area contributed by atoms with E-state index in [1.165, 1.54) is 40.8 Å². The fraction of sp³-hybridized carbons (Fsp3) is 0.167. The fourth-order valence-corrected chi connectivity index (χ4v) is 7.31. The Hall–Kier alpha value is -6.55. The number of fused-ring (bicyclic) bond motifs is 3. The number of azo groups is 3. The van der Waals surface area contributed by atoms with Gasteiger partial charge in [-0.1, -0.05) is 12.1 Å². The lowest BCUT2D eigenvalue weighted by Crippen LogP contribution is -2.06. The van der Waals surface area contributed by atoms with Gasteiger partial charge in [-0.25, -0.2) is 4.98 Å². The van der Waals surface area contributed by atoms with Gasteiger partial charge < -0.3 is 9.84 Å². The Kier molecular flexibility index (Phi) is 11.9. The fourth-order valence-electron chi connectivity index (χ4n) is 5.62. The average Bonchev–Trinajstić information content (AvgIpc) is 3.56. The molecule has 2 heterocycles. The summed E-state index contributed by atoms with van der Waals surface area (Å²) in [6.07, 6.45) is 0.249. The predicted molar refractivity (Wildman–Crippen MR) is 211 cm³/mol. The predicted octanol–water partition coefficient (Wildman–Crippen LogP) is 8.47. The van der Waals surface area contributed by atoms with Gasteiger partial charge in [-0.2, -0.15) is 45.9 Å². The maximum absolute atomic E-state index is 12.4. The normalized spacial score (nSPS) is 12.7. The van der Waals surface area contributed by atoms with Gasteiger partial charge >= 0.3 is 0 Å². The third-order valence-electron chi connectivity index (χ3n) is 8.54. The largest absolute Gasteiger partial charge is 0.493 e. The van der Waals surface area contributed by atoms with Crippen LogP contribution in [-0.4, -0.2) is 65.8 Å². The van der Waals surface area contributed by atoms with Gasteiger partial charge in [0, 0.05) is 11.6 Å². The lowest BCUT2D eigenvalue weighted by atomic mass is 10.1. The van der Waals surface area contributed by atoms with E-state index in [0.29, 0.717) is 22.2 Å².